The van der Waals surface area contributed by atoms with Crippen LogP contribution in [-0.2, 0) is 7.05 Å². The molecule has 1 aliphatic carbocycles. The molecule has 6 nitrogen and oxygen atoms in total. The minimum Gasteiger partial charge on any atom is -0.383 e. The number of hydrogen-bond acceptors (Lipinski definition) is 5. The number of nitrogens with two attached hydrogens (primary N) is 2. The molecule has 1 saturated heterocycles. The van der Waals surface area contributed by atoms with E-state index in [0.29, 0.717) is 22.5 Å². The number of aromatic nitrogens is 2. The van der Waals surface area contributed by atoms with Gasteiger partial charge in [-0.1, -0.05) is 30.7 Å². The molecule has 2 atom stereocenters. The second-order valence-corrected chi connectivity index (χ2v) is 8.87. The molecule has 0 bridgehead atoms. The molecule has 4 N–H and O–H groups in total. The Hall–Kier alpha value is -2.05. The Morgan fingerprint density at radius 3 is 2.39 bits per heavy atom. The van der Waals surface area contributed by atoms with Gasteiger partial charge in [0.2, 0.25) is 5.95 Å². The van der Waals surface area contributed by atoms with Crippen molar-refractivity contribution in [3.05, 3.63) is 39.6 Å². The van der Waals surface area contributed by atoms with Crippen molar-refractivity contribution in [1.82, 2.24) is 9.55 Å². The van der Waals surface area contributed by atoms with Gasteiger partial charge in [-0.15, -0.1) is 0 Å². The average Bonchev–Trinajstić information content (AvgIpc) is 2.96. The summed E-state index contributed by atoms with van der Waals surface area (Å²) in [4.78, 5) is 19.8. The molecule has 1 spiro atoms. The number of piperidine rings is 1. The van der Waals surface area contributed by atoms with E-state index in [9.17, 15) is 4.79 Å². The van der Waals surface area contributed by atoms with Crippen LogP contribution in [0.2, 0.25) is 5.02 Å². The molecule has 2 fully saturated rings. The van der Waals surface area contributed by atoms with Gasteiger partial charge < -0.3 is 16.4 Å². The van der Waals surface area contributed by atoms with E-state index < -0.39 is 0 Å². The lowest BCUT2D eigenvalue weighted by Gasteiger charge is -2.43. The lowest BCUT2D eigenvalue weighted by molar-refractivity contribution is 0.185. The molecule has 1 aromatic carbocycles. The Balaban J connectivity index is 1.62. The summed E-state index contributed by atoms with van der Waals surface area (Å²) in [6.45, 7) is 3.95. The SMILES string of the molecule is C[C@@H]1CCC2(CCN(c3nc(N)c(-c4ccc(Cl)cc4)c(=O)n3C)CC2)[C@@H]1N. The fraction of sp³-hybridized carbons (Fsp3) is 0.524. The third kappa shape index (κ3) is 3.08. The summed E-state index contributed by atoms with van der Waals surface area (Å²) in [6, 6.07) is 7.36. The minimum absolute atomic E-state index is 0.142. The van der Waals surface area contributed by atoms with Crippen LogP contribution >= 0.6 is 11.6 Å². The monoisotopic (exact) mass is 401 g/mol. The van der Waals surface area contributed by atoms with E-state index in [1.807, 2.05) is 0 Å². The Kier molecular flexibility index (Phi) is 4.88. The molecular formula is C21H28ClN5O. The molecule has 150 valence electrons. The van der Waals surface area contributed by atoms with E-state index >= 15 is 0 Å². The highest BCUT2D eigenvalue weighted by Crippen LogP contribution is 2.48. The Labute approximate surface area is 170 Å². The summed E-state index contributed by atoms with van der Waals surface area (Å²) >= 11 is 5.96. The molecule has 2 aliphatic rings. The van der Waals surface area contributed by atoms with Gasteiger partial charge in [0.1, 0.15) is 5.82 Å². The van der Waals surface area contributed by atoms with Gasteiger partial charge in [0.15, 0.2) is 0 Å². The van der Waals surface area contributed by atoms with Crippen LogP contribution in [0.25, 0.3) is 11.1 Å². The maximum absolute atomic E-state index is 13.0. The number of hydrogen-bond donors (Lipinski definition) is 2. The van der Waals surface area contributed by atoms with Crippen LogP contribution in [0.5, 0.6) is 0 Å². The van der Waals surface area contributed by atoms with Gasteiger partial charge in [0, 0.05) is 31.2 Å². The molecule has 4 rings (SSSR count). The lowest BCUT2D eigenvalue weighted by Crippen LogP contribution is -2.49. The zero-order chi connectivity index (χ0) is 20.1. The van der Waals surface area contributed by atoms with Gasteiger partial charge in [-0.3, -0.25) is 9.36 Å². The van der Waals surface area contributed by atoms with Crippen LogP contribution in [-0.4, -0.2) is 28.7 Å². The van der Waals surface area contributed by atoms with Gasteiger partial charge in [-0.25, -0.2) is 0 Å². The third-order valence-corrected chi connectivity index (χ3v) is 7.14. The third-order valence-electron chi connectivity index (χ3n) is 6.89. The lowest BCUT2D eigenvalue weighted by atomic mass is 9.73. The van der Waals surface area contributed by atoms with Crippen molar-refractivity contribution in [3.63, 3.8) is 0 Å². The molecule has 1 aliphatic heterocycles. The largest absolute Gasteiger partial charge is 0.383 e. The number of rotatable bonds is 2. The van der Waals surface area contributed by atoms with E-state index in [4.69, 9.17) is 23.1 Å². The molecule has 28 heavy (non-hydrogen) atoms. The number of nitrogens with zero attached hydrogens (tertiary/aromatic N) is 3. The summed E-state index contributed by atoms with van der Waals surface area (Å²) in [6.07, 6.45) is 4.48. The van der Waals surface area contributed by atoms with Crippen molar-refractivity contribution >= 4 is 23.4 Å². The van der Waals surface area contributed by atoms with Crippen LogP contribution in [0.1, 0.15) is 32.6 Å². The van der Waals surface area contributed by atoms with E-state index in [-0.39, 0.29) is 22.8 Å². The highest BCUT2D eigenvalue weighted by Gasteiger charge is 2.46. The zero-order valence-corrected chi connectivity index (χ0v) is 17.2. The molecule has 2 aromatic rings. The highest BCUT2D eigenvalue weighted by atomic mass is 35.5. The first-order chi connectivity index (χ1) is 13.3. The Morgan fingerprint density at radius 1 is 1.18 bits per heavy atom. The molecule has 1 aromatic heterocycles. The predicted octanol–water partition coefficient (Wildman–Crippen LogP) is 3.03. The highest BCUT2D eigenvalue weighted by molar-refractivity contribution is 6.30. The second-order valence-electron chi connectivity index (χ2n) is 8.43. The van der Waals surface area contributed by atoms with Gasteiger partial charge in [-0.05, 0) is 54.7 Å². The van der Waals surface area contributed by atoms with Gasteiger partial charge >= 0.3 is 0 Å². The van der Waals surface area contributed by atoms with Crippen molar-refractivity contribution in [2.45, 2.75) is 38.6 Å². The van der Waals surface area contributed by atoms with E-state index in [1.165, 1.54) is 12.8 Å². The van der Waals surface area contributed by atoms with Gasteiger partial charge in [0.25, 0.3) is 5.56 Å². The zero-order valence-electron chi connectivity index (χ0n) is 16.5. The fourth-order valence-electron chi connectivity index (χ4n) is 4.98. The van der Waals surface area contributed by atoms with Crippen molar-refractivity contribution in [2.24, 2.45) is 24.1 Å². The van der Waals surface area contributed by atoms with Crippen LogP contribution < -0.4 is 21.9 Å². The molecular weight excluding hydrogens is 374 g/mol. The maximum atomic E-state index is 13.0. The Morgan fingerprint density at radius 2 is 1.82 bits per heavy atom. The summed E-state index contributed by atoms with van der Waals surface area (Å²) < 4.78 is 1.61. The molecule has 0 unspecified atom stereocenters. The topological polar surface area (TPSA) is 90.2 Å². The van der Waals surface area contributed by atoms with Gasteiger partial charge in [-0.2, -0.15) is 4.98 Å². The number of halogens is 1. The normalized spacial score (nSPS) is 24.1. The second kappa shape index (κ2) is 7.08. The van der Waals surface area contributed by atoms with E-state index in [0.717, 1.165) is 31.5 Å². The fourth-order valence-corrected chi connectivity index (χ4v) is 5.10. The van der Waals surface area contributed by atoms with Crippen molar-refractivity contribution in [3.8, 4) is 11.1 Å². The van der Waals surface area contributed by atoms with Crippen LogP contribution in [0.4, 0.5) is 11.8 Å². The minimum atomic E-state index is -0.142. The number of nitrogen functional groups attached to an aromatic ring is 1. The first-order valence-corrected chi connectivity index (χ1v) is 10.3. The first-order valence-electron chi connectivity index (χ1n) is 9.95. The first kappa shape index (κ1) is 19.3. The summed E-state index contributed by atoms with van der Waals surface area (Å²) in [5, 5.41) is 0.616. The molecule has 0 amide bonds. The summed E-state index contributed by atoms with van der Waals surface area (Å²) in [5.74, 6) is 1.48. The smallest absolute Gasteiger partial charge is 0.264 e. The Bertz CT molecular complexity index is 931. The van der Waals surface area contributed by atoms with Crippen molar-refractivity contribution < 1.29 is 0 Å². The van der Waals surface area contributed by atoms with Crippen LogP contribution in [0.15, 0.2) is 29.1 Å². The average molecular weight is 402 g/mol. The number of anilines is 2. The maximum Gasteiger partial charge on any atom is 0.264 e. The molecule has 2 heterocycles. The summed E-state index contributed by atoms with van der Waals surface area (Å²) in [7, 11) is 1.76. The molecule has 0 radical (unpaired) electrons. The van der Waals surface area contributed by atoms with Crippen LogP contribution in [0.3, 0.4) is 0 Å². The predicted molar refractivity (Wildman–Crippen MR) is 115 cm³/mol. The van der Waals surface area contributed by atoms with E-state index in [1.54, 1.807) is 35.9 Å². The standard InChI is InChI=1S/C21H28ClN5O/c1-13-7-8-21(17(13)23)9-11-27(12-10-21)20-25-18(24)16(19(28)26(20)2)14-3-5-15(22)6-4-14/h3-6,13,17H,7-12,23-24H2,1-2H3/t13-,17-/m1/s1. The van der Waals surface area contributed by atoms with Crippen LogP contribution in [0, 0.1) is 11.3 Å². The van der Waals surface area contributed by atoms with Crippen molar-refractivity contribution in [1.29, 1.82) is 0 Å². The molecule has 1 saturated carbocycles. The summed E-state index contributed by atoms with van der Waals surface area (Å²) in [5.41, 5.74) is 14.0. The molecule has 7 heteroatoms. The van der Waals surface area contributed by atoms with Gasteiger partial charge in [0.05, 0.1) is 5.56 Å². The van der Waals surface area contributed by atoms with Crippen molar-refractivity contribution in [2.75, 3.05) is 23.7 Å². The quantitative estimate of drug-likeness (QED) is 0.807. The van der Waals surface area contributed by atoms with E-state index in [2.05, 4.69) is 16.8 Å². The number of benzene rings is 1.